The molecule has 1 heterocycles. The van der Waals surface area contributed by atoms with Crippen LogP contribution in [-0.2, 0) is 6.54 Å². The first-order valence-electron chi connectivity index (χ1n) is 7.00. The van der Waals surface area contributed by atoms with Crippen LogP contribution in [0.1, 0.15) is 25.7 Å². The molecule has 0 radical (unpaired) electrons. The molecule has 0 aliphatic heterocycles. The van der Waals surface area contributed by atoms with Crippen LogP contribution < -0.4 is 5.73 Å². The first kappa shape index (κ1) is 12.3. The van der Waals surface area contributed by atoms with Crippen molar-refractivity contribution >= 4 is 21.6 Å². The van der Waals surface area contributed by atoms with Gasteiger partial charge in [0.15, 0.2) is 5.82 Å². The van der Waals surface area contributed by atoms with E-state index in [1.165, 1.54) is 25.7 Å². The largest absolute Gasteiger partial charge is 0.398 e. The molecule has 6 heteroatoms. The van der Waals surface area contributed by atoms with Gasteiger partial charge >= 0.3 is 0 Å². The summed E-state index contributed by atoms with van der Waals surface area (Å²) in [6.07, 6.45) is 5.38. The zero-order chi connectivity index (χ0) is 13.7. The normalized spacial score (nSPS) is 20.1. The van der Waals surface area contributed by atoms with E-state index in [2.05, 4.69) is 31.5 Å². The Hall–Kier alpha value is -1.43. The Labute approximate surface area is 125 Å². The molecular weight excluding hydrogens is 318 g/mol. The van der Waals surface area contributed by atoms with Gasteiger partial charge in [-0.05, 0) is 75.5 Å². The monoisotopic (exact) mass is 333 g/mol. The second-order valence-electron chi connectivity index (χ2n) is 6.01. The molecule has 2 aliphatic carbocycles. The summed E-state index contributed by atoms with van der Waals surface area (Å²) in [4.78, 5) is 0. The van der Waals surface area contributed by atoms with Crippen LogP contribution in [0, 0.1) is 11.3 Å². The molecule has 0 saturated heterocycles. The number of anilines is 1. The van der Waals surface area contributed by atoms with Crippen LogP contribution in [-0.4, -0.2) is 20.2 Å². The molecule has 2 N–H and O–H groups in total. The van der Waals surface area contributed by atoms with Crippen LogP contribution in [0.3, 0.4) is 0 Å². The van der Waals surface area contributed by atoms with Gasteiger partial charge in [-0.2, -0.15) is 0 Å². The van der Waals surface area contributed by atoms with E-state index >= 15 is 0 Å². The second-order valence-corrected chi connectivity index (χ2v) is 6.80. The molecular formula is C14H16BrN5. The van der Waals surface area contributed by atoms with Gasteiger partial charge < -0.3 is 5.73 Å². The number of benzene rings is 1. The average Bonchev–Trinajstić information content (AvgIpc) is 3.32. The molecule has 20 heavy (non-hydrogen) atoms. The zero-order valence-corrected chi connectivity index (χ0v) is 12.7. The minimum Gasteiger partial charge on any atom is -0.398 e. The number of nitrogens with zero attached hydrogens (tertiary/aromatic N) is 4. The number of hydrogen-bond donors (Lipinski definition) is 1. The summed E-state index contributed by atoms with van der Waals surface area (Å²) in [5.41, 5.74) is 8.09. The van der Waals surface area contributed by atoms with Crippen LogP contribution >= 0.6 is 15.9 Å². The van der Waals surface area contributed by atoms with Crippen molar-refractivity contribution in [3.05, 3.63) is 22.7 Å². The van der Waals surface area contributed by atoms with Crippen molar-refractivity contribution in [2.45, 2.75) is 32.2 Å². The molecule has 2 aliphatic rings. The topological polar surface area (TPSA) is 69.6 Å². The fourth-order valence-electron chi connectivity index (χ4n) is 3.08. The molecule has 2 aromatic rings. The highest BCUT2D eigenvalue weighted by molar-refractivity contribution is 9.10. The van der Waals surface area contributed by atoms with Gasteiger partial charge in [0.1, 0.15) is 0 Å². The molecule has 0 spiro atoms. The van der Waals surface area contributed by atoms with E-state index in [0.717, 1.165) is 28.3 Å². The number of tetrazole rings is 1. The fraction of sp³-hybridized carbons (Fsp3) is 0.500. The second kappa shape index (κ2) is 4.28. The first-order valence-corrected chi connectivity index (χ1v) is 7.79. The third-order valence-corrected chi connectivity index (χ3v) is 5.49. The Morgan fingerprint density at radius 1 is 1.35 bits per heavy atom. The SMILES string of the molecule is Nc1cccc(-c2nnnn2CC2(C3CC3)CC2)c1Br. The molecule has 4 rings (SSSR count). The highest BCUT2D eigenvalue weighted by Gasteiger charge is 2.54. The fourth-order valence-corrected chi connectivity index (χ4v) is 3.52. The molecule has 1 aromatic carbocycles. The Balaban J connectivity index is 1.69. The molecule has 0 atom stereocenters. The maximum atomic E-state index is 5.95. The highest BCUT2D eigenvalue weighted by atomic mass is 79.9. The van der Waals surface area contributed by atoms with Gasteiger partial charge in [-0.15, -0.1) is 5.10 Å². The molecule has 2 saturated carbocycles. The first-order chi connectivity index (χ1) is 9.70. The van der Waals surface area contributed by atoms with Gasteiger partial charge in [0.2, 0.25) is 0 Å². The molecule has 0 bridgehead atoms. The number of hydrogen-bond acceptors (Lipinski definition) is 4. The van der Waals surface area contributed by atoms with Gasteiger partial charge in [0.05, 0.1) is 11.0 Å². The lowest BCUT2D eigenvalue weighted by molar-refractivity contribution is 0.348. The van der Waals surface area contributed by atoms with Crippen LogP contribution in [0.5, 0.6) is 0 Å². The lowest BCUT2D eigenvalue weighted by Gasteiger charge is -2.15. The maximum Gasteiger partial charge on any atom is 0.183 e. The number of nitrogens with two attached hydrogens (primary N) is 1. The predicted molar refractivity (Wildman–Crippen MR) is 79.8 cm³/mol. The van der Waals surface area contributed by atoms with E-state index in [4.69, 9.17) is 5.73 Å². The van der Waals surface area contributed by atoms with Crippen molar-refractivity contribution in [2.75, 3.05) is 5.73 Å². The van der Waals surface area contributed by atoms with E-state index in [0.29, 0.717) is 11.1 Å². The van der Waals surface area contributed by atoms with Crippen molar-refractivity contribution < 1.29 is 0 Å². The third-order valence-electron chi connectivity index (χ3n) is 4.60. The van der Waals surface area contributed by atoms with Gasteiger partial charge in [0.25, 0.3) is 0 Å². The quantitative estimate of drug-likeness (QED) is 0.873. The third kappa shape index (κ3) is 1.93. The van der Waals surface area contributed by atoms with Crippen molar-refractivity contribution in [1.82, 2.24) is 20.2 Å². The lowest BCUT2D eigenvalue weighted by Crippen LogP contribution is -2.16. The molecule has 0 unspecified atom stereocenters. The Bertz CT molecular complexity index is 657. The van der Waals surface area contributed by atoms with Gasteiger partial charge in [-0.3, -0.25) is 0 Å². The summed E-state index contributed by atoms with van der Waals surface area (Å²) in [7, 11) is 0. The van der Waals surface area contributed by atoms with Crippen molar-refractivity contribution in [3.63, 3.8) is 0 Å². The number of nitrogen functional groups attached to an aromatic ring is 1. The molecule has 5 nitrogen and oxygen atoms in total. The summed E-state index contributed by atoms with van der Waals surface area (Å²) >= 11 is 3.54. The number of halogens is 1. The summed E-state index contributed by atoms with van der Waals surface area (Å²) in [5.74, 6) is 1.69. The van der Waals surface area contributed by atoms with E-state index < -0.39 is 0 Å². The van der Waals surface area contributed by atoms with Gasteiger partial charge in [-0.1, -0.05) is 6.07 Å². The van der Waals surface area contributed by atoms with E-state index in [1.807, 2.05) is 22.9 Å². The Morgan fingerprint density at radius 3 is 2.85 bits per heavy atom. The van der Waals surface area contributed by atoms with Crippen molar-refractivity contribution in [2.24, 2.45) is 11.3 Å². The van der Waals surface area contributed by atoms with Crippen LogP contribution in [0.15, 0.2) is 22.7 Å². The highest BCUT2D eigenvalue weighted by Crippen LogP contribution is 2.62. The van der Waals surface area contributed by atoms with Crippen LogP contribution in [0.4, 0.5) is 5.69 Å². The smallest absolute Gasteiger partial charge is 0.183 e. The lowest BCUT2D eigenvalue weighted by atomic mass is 10.0. The van der Waals surface area contributed by atoms with Crippen LogP contribution in [0.25, 0.3) is 11.4 Å². The van der Waals surface area contributed by atoms with E-state index in [-0.39, 0.29) is 0 Å². The molecule has 1 aromatic heterocycles. The molecule has 2 fully saturated rings. The molecule has 0 amide bonds. The number of rotatable bonds is 4. The summed E-state index contributed by atoms with van der Waals surface area (Å²) in [6, 6.07) is 5.80. The van der Waals surface area contributed by atoms with Gasteiger partial charge in [-0.25, -0.2) is 4.68 Å². The summed E-state index contributed by atoms with van der Waals surface area (Å²) in [6.45, 7) is 0.932. The number of aromatic nitrogens is 4. The minimum atomic E-state index is 0.469. The standard InChI is InChI=1S/C14H16BrN5/c15-12-10(2-1-3-11(12)16)13-17-18-19-20(13)8-14(6-7-14)9-4-5-9/h1-3,9H,4-8,16H2. The Kier molecular flexibility index (Phi) is 2.64. The average molecular weight is 334 g/mol. The maximum absolute atomic E-state index is 5.95. The molecule has 104 valence electrons. The summed E-state index contributed by atoms with van der Waals surface area (Å²) < 4.78 is 2.82. The zero-order valence-electron chi connectivity index (χ0n) is 11.1. The van der Waals surface area contributed by atoms with Crippen LogP contribution in [0.2, 0.25) is 0 Å². The van der Waals surface area contributed by atoms with E-state index in [9.17, 15) is 0 Å². The van der Waals surface area contributed by atoms with Gasteiger partial charge in [0, 0.05) is 11.3 Å². The van der Waals surface area contributed by atoms with Crippen molar-refractivity contribution in [1.29, 1.82) is 0 Å². The van der Waals surface area contributed by atoms with Crippen molar-refractivity contribution in [3.8, 4) is 11.4 Å². The predicted octanol–water partition coefficient (Wildman–Crippen LogP) is 2.88. The minimum absolute atomic E-state index is 0.469. The van der Waals surface area contributed by atoms with E-state index in [1.54, 1.807) is 0 Å². The Morgan fingerprint density at radius 2 is 2.15 bits per heavy atom. The summed E-state index contributed by atoms with van der Waals surface area (Å²) in [5, 5.41) is 12.3.